The van der Waals surface area contributed by atoms with E-state index in [2.05, 4.69) is 15.1 Å². The Morgan fingerprint density at radius 3 is 2.67 bits per heavy atom. The summed E-state index contributed by atoms with van der Waals surface area (Å²) in [5.41, 5.74) is 8.71. The van der Waals surface area contributed by atoms with E-state index in [1.807, 2.05) is 30.3 Å². The van der Waals surface area contributed by atoms with Crippen LogP contribution in [0.25, 0.3) is 0 Å². The number of non-ortho nitro benzene ring substituents is 1. The smallest absolute Gasteiger partial charge is 0.270 e. The van der Waals surface area contributed by atoms with E-state index in [0.29, 0.717) is 16.5 Å². The zero-order chi connectivity index (χ0) is 19.1. The highest BCUT2D eigenvalue weighted by molar-refractivity contribution is 8.13. The Balaban J connectivity index is 1.72. The molecule has 0 saturated carbocycles. The SMILES string of the molecule is NC(=NN=Cc1cc([N+](=O)[O-])ccc1N1CCCC1)SCc1ccccc1. The lowest BCUT2D eigenvalue weighted by atomic mass is 10.1. The molecule has 2 N–H and O–H groups in total. The number of nitrogens with zero attached hydrogens (tertiary/aromatic N) is 4. The Hall–Kier alpha value is -2.87. The number of amidine groups is 1. The van der Waals surface area contributed by atoms with Gasteiger partial charge in [-0.3, -0.25) is 10.1 Å². The van der Waals surface area contributed by atoms with Crippen molar-refractivity contribution >= 4 is 34.5 Å². The Kier molecular flexibility index (Phi) is 6.43. The zero-order valence-corrected chi connectivity index (χ0v) is 15.6. The summed E-state index contributed by atoms with van der Waals surface area (Å²) in [6.07, 6.45) is 3.78. The molecule has 1 aliphatic rings. The number of hydrogen-bond acceptors (Lipinski definition) is 6. The third kappa shape index (κ3) is 5.30. The average molecular weight is 383 g/mol. The van der Waals surface area contributed by atoms with Crippen LogP contribution in [0.15, 0.2) is 58.7 Å². The molecule has 0 atom stereocenters. The maximum atomic E-state index is 11.1. The molecule has 0 aromatic heterocycles. The van der Waals surface area contributed by atoms with Crippen molar-refractivity contribution in [1.29, 1.82) is 0 Å². The van der Waals surface area contributed by atoms with Crippen molar-refractivity contribution < 1.29 is 4.92 Å². The fraction of sp³-hybridized carbons (Fsp3) is 0.263. The summed E-state index contributed by atoms with van der Waals surface area (Å²) in [5.74, 6) is 0.710. The van der Waals surface area contributed by atoms with Crippen LogP contribution in [-0.2, 0) is 5.75 Å². The van der Waals surface area contributed by atoms with Gasteiger partial charge in [0.1, 0.15) is 0 Å². The Labute approximate surface area is 162 Å². The summed E-state index contributed by atoms with van der Waals surface area (Å²) in [6, 6.07) is 14.8. The van der Waals surface area contributed by atoms with Crippen molar-refractivity contribution in [2.75, 3.05) is 18.0 Å². The molecule has 0 bridgehead atoms. The lowest BCUT2D eigenvalue weighted by Crippen LogP contribution is -2.19. The lowest BCUT2D eigenvalue weighted by molar-refractivity contribution is -0.384. The van der Waals surface area contributed by atoms with Crippen LogP contribution in [-0.4, -0.2) is 29.4 Å². The van der Waals surface area contributed by atoms with E-state index in [1.54, 1.807) is 6.07 Å². The van der Waals surface area contributed by atoms with Crippen molar-refractivity contribution in [1.82, 2.24) is 0 Å². The molecule has 0 aliphatic carbocycles. The van der Waals surface area contributed by atoms with Gasteiger partial charge >= 0.3 is 0 Å². The van der Waals surface area contributed by atoms with Gasteiger partial charge < -0.3 is 10.6 Å². The topological polar surface area (TPSA) is 97.1 Å². The van der Waals surface area contributed by atoms with E-state index in [0.717, 1.165) is 37.2 Å². The highest BCUT2D eigenvalue weighted by Crippen LogP contribution is 2.27. The molecule has 7 nitrogen and oxygen atoms in total. The third-order valence-corrected chi connectivity index (χ3v) is 5.11. The van der Waals surface area contributed by atoms with Crippen LogP contribution in [0.2, 0.25) is 0 Å². The minimum absolute atomic E-state index is 0.0369. The molecule has 1 heterocycles. The predicted octanol–water partition coefficient (Wildman–Crippen LogP) is 3.78. The average Bonchev–Trinajstić information content (AvgIpc) is 3.21. The van der Waals surface area contributed by atoms with E-state index in [9.17, 15) is 10.1 Å². The van der Waals surface area contributed by atoms with Crippen molar-refractivity contribution in [2.45, 2.75) is 18.6 Å². The molecule has 140 valence electrons. The van der Waals surface area contributed by atoms with Crippen molar-refractivity contribution in [3.05, 3.63) is 69.8 Å². The summed E-state index contributed by atoms with van der Waals surface area (Å²) >= 11 is 1.40. The van der Waals surface area contributed by atoms with Gasteiger partial charge in [0.05, 0.1) is 11.1 Å². The molecule has 1 fully saturated rings. The van der Waals surface area contributed by atoms with E-state index in [-0.39, 0.29) is 5.69 Å². The number of rotatable bonds is 6. The van der Waals surface area contributed by atoms with Gasteiger partial charge in [0.25, 0.3) is 5.69 Å². The van der Waals surface area contributed by atoms with Crippen LogP contribution in [0.3, 0.4) is 0 Å². The van der Waals surface area contributed by atoms with Gasteiger partial charge in [0.2, 0.25) is 0 Å². The second-order valence-corrected chi connectivity index (χ2v) is 7.15. The number of nitrogens with two attached hydrogens (primary N) is 1. The molecule has 27 heavy (non-hydrogen) atoms. The second kappa shape index (κ2) is 9.18. The van der Waals surface area contributed by atoms with Gasteiger partial charge in [-0.1, -0.05) is 42.1 Å². The van der Waals surface area contributed by atoms with Gasteiger partial charge in [-0.05, 0) is 24.5 Å². The van der Waals surface area contributed by atoms with Gasteiger partial charge in [0, 0.05) is 42.2 Å². The molecule has 3 rings (SSSR count). The Morgan fingerprint density at radius 2 is 1.96 bits per heavy atom. The lowest BCUT2D eigenvalue weighted by Gasteiger charge is -2.19. The second-order valence-electron chi connectivity index (χ2n) is 6.15. The Bertz CT molecular complexity index is 848. The quantitative estimate of drug-likeness (QED) is 0.354. The first-order chi connectivity index (χ1) is 13.1. The molecular formula is C19H21N5O2S. The van der Waals surface area contributed by atoms with Crippen molar-refractivity contribution in [3.8, 4) is 0 Å². The van der Waals surface area contributed by atoms with Crippen LogP contribution in [0.1, 0.15) is 24.0 Å². The van der Waals surface area contributed by atoms with E-state index >= 15 is 0 Å². The molecular weight excluding hydrogens is 362 g/mol. The molecule has 0 spiro atoms. The van der Waals surface area contributed by atoms with Crippen LogP contribution < -0.4 is 10.6 Å². The fourth-order valence-corrected chi connectivity index (χ4v) is 3.53. The maximum absolute atomic E-state index is 11.1. The van der Waals surface area contributed by atoms with Gasteiger partial charge in [-0.25, -0.2) is 0 Å². The summed E-state index contributed by atoms with van der Waals surface area (Å²) in [7, 11) is 0. The van der Waals surface area contributed by atoms with Crippen LogP contribution in [0, 0.1) is 10.1 Å². The molecule has 2 aromatic carbocycles. The van der Waals surface area contributed by atoms with E-state index in [1.165, 1.54) is 30.1 Å². The summed E-state index contributed by atoms with van der Waals surface area (Å²) in [6.45, 7) is 1.88. The molecule has 0 unspecified atom stereocenters. The molecule has 0 radical (unpaired) electrons. The summed E-state index contributed by atoms with van der Waals surface area (Å²) in [4.78, 5) is 12.9. The highest BCUT2D eigenvalue weighted by atomic mass is 32.2. The van der Waals surface area contributed by atoms with Gasteiger partial charge in [-0.2, -0.15) is 5.10 Å². The predicted molar refractivity (Wildman–Crippen MR) is 111 cm³/mol. The largest absolute Gasteiger partial charge is 0.377 e. The number of anilines is 1. The number of thioether (sulfide) groups is 1. The molecule has 2 aromatic rings. The first-order valence-corrected chi connectivity index (χ1v) is 9.68. The summed E-state index contributed by atoms with van der Waals surface area (Å²) < 4.78 is 0. The first-order valence-electron chi connectivity index (χ1n) is 8.70. The van der Waals surface area contributed by atoms with Crippen molar-refractivity contribution in [2.24, 2.45) is 15.9 Å². The minimum atomic E-state index is -0.404. The third-order valence-electron chi connectivity index (χ3n) is 4.25. The van der Waals surface area contributed by atoms with Crippen LogP contribution in [0.4, 0.5) is 11.4 Å². The highest BCUT2D eigenvalue weighted by Gasteiger charge is 2.17. The number of benzene rings is 2. The van der Waals surface area contributed by atoms with Crippen LogP contribution in [0.5, 0.6) is 0 Å². The molecule has 1 saturated heterocycles. The number of hydrogen-bond donors (Lipinski definition) is 1. The fourth-order valence-electron chi connectivity index (χ4n) is 2.91. The maximum Gasteiger partial charge on any atom is 0.270 e. The molecule has 0 amide bonds. The summed E-state index contributed by atoms with van der Waals surface area (Å²) in [5, 5.41) is 19.5. The Morgan fingerprint density at radius 1 is 1.22 bits per heavy atom. The van der Waals surface area contributed by atoms with Crippen molar-refractivity contribution in [3.63, 3.8) is 0 Å². The van der Waals surface area contributed by atoms with E-state index < -0.39 is 4.92 Å². The van der Waals surface area contributed by atoms with Gasteiger partial charge in [0.15, 0.2) is 5.17 Å². The van der Waals surface area contributed by atoms with E-state index in [4.69, 9.17) is 5.73 Å². The first kappa shape index (κ1) is 18.9. The normalized spacial score (nSPS) is 14.8. The molecule has 8 heteroatoms. The standard InChI is InChI=1S/C19H21N5O2S/c20-19(27-14-15-6-2-1-3-7-15)22-21-13-16-12-17(24(25)26)8-9-18(16)23-10-4-5-11-23/h1-3,6-9,12-13H,4-5,10-11,14H2,(H2,20,22). The minimum Gasteiger partial charge on any atom is -0.377 e. The van der Waals surface area contributed by atoms with Crippen LogP contribution >= 0.6 is 11.8 Å². The number of nitro benzene ring substituents is 1. The number of nitro groups is 1. The monoisotopic (exact) mass is 383 g/mol. The van der Waals surface area contributed by atoms with Gasteiger partial charge in [-0.15, -0.1) is 5.10 Å². The molecule has 1 aliphatic heterocycles. The zero-order valence-electron chi connectivity index (χ0n) is 14.8.